The number of ketones is 1. The highest BCUT2D eigenvalue weighted by Gasteiger charge is 2.16. The van der Waals surface area contributed by atoms with Crippen LogP contribution in [0.4, 0.5) is 0 Å². The first-order valence-electron chi connectivity index (χ1n) is 3.71. The molecule has 0 aliphatic carbocycles. The maximum atomic E-state index is 12.0. The molecule has 0 saturated carbocycles. The van der Waals surface area contributed by atoms with Crippen LogP contribution in [0.2, 0.25) is 0 Å². The molecule has 0 amide bonds. The quantitative estimate of drug-likeness (QED) is 0.499. The van der Waals surface area contributed by atoms with Crippen LogP contribution in [0.15, 0.2) is 22.9 Å². The standard InChI is InChI=1S/C9H4I2OS2/c10-8-5(1-3-13-8)7(12)6-2-4-14-9(6)11/h1-4H. The van der Waals surface area contributed by atoms with Gasteiger partial charge in [-0.05, 0) is 68.1 Å². The van der Waals surface area contributed by atoms with E-state index in [1.54, 1.807) is 22.7 Å². The minimum absolute atomic E-state index is 0.140. The highest BCUT2D eigenvalue weighted by atomic mass is 127. The third-order valence-electron chi connectivity index (χ3n) is 1.73. The Morgan fingerprint density at radius 1 is 1.00 bits per heavy atom. The van der Waals surface area contributed by atoms with Gasteiger partial charge in [-0.2, -0.15) is 0 Å². The Balaban J connectivity index is 2.44. The zero-order valence-electron chi connectivity index (χ0n) is 6.79. The number of halogens is 2. The van der Waals surface area contributed by atoms with Gasteiger partial charge < -0.3 is 0 Å². The Kier molecular flexibility index (Phi) is 3.61. The van der Waals surface area contributed by atoms with Crippen LogP contribution in [0, 0.1) is 5.77 Å². The van der Waals surface area contributed by atoms with Crippen LogP contribution < -0.4 is 0 Å². The zero-order chi connectivity index (χ0) is 10.1. The van der Waals surface area contributed by atoms with Gasteiger partial charge in [0.05, 0.1) is 5.77 Å². The Labute approximate surface area is 117 Å². The van der Waals surface area contributed by atoms with Gasteiger partial charge >= 0.3 is 0 Å². The van der Waals surface area contributed by atoms with Crippen LogP contribution in [-0.2, 0) is 0 Å². The van der Waals surface area contributed by atoms with Crippen molar-refractivity contribution in [2.45, 2.75) is 0 Å². The van der Waals surface area contributed by atoms with Crippen molar-refractivity contribution < 1.29 is 4.79 Å². The summed E-state index contributed by atoms with van der Waals surface area (Å²) >= 11 is 7.62. The molecular formula is C9H4I2OS2. The SMILES string of the molecule is O=C(c1ccsc1I)c1ccsc1I. The molecule has 1 nitrogen and oxygen atoms in total. The van der Waals surface area contributed by atoms with Crippen molar-refractivity contribution >= 4 is 73.6 Å². The second-order valence-corrected chi connectivity index (χ2v) is 8.00. The summed E-state index contributed by atoms with van der Waals surface area (Å²) in [5, 5.41) is 3.91. The van der Waals surface area contributed by atoms with Crippen molar-refractivity contribution in [2.75, 3.05) is 0 Å². The monoisotopic (exact) mass is 446 g/mol. The molecule has 2 heterocycles. The number of rotatable bonds is 2. The average molecular weight is 446 g/mol. The summed E-state index contributed by atoms with van der Waals surface area (Å²) < 4.78 is 2.13. The van der Waals surface area contributed by atoms with Gasteiger partial charge in [-0.15, -0.1) is 22.7 Å². The Hall–Kier alpha value is 0.530. The first kappa shape index (κ1) is 11.0. The van der Waals surface area contributed by atoms with Gasteiger partial charge in [0.15, 0.2) is 5.78 Å². The van der Waals surface area contributed by atoms with Crippen LogP contribution in [-0.4, -0.2) is 5.78 Å². The van der Waals surface area contributed by atoms with Gasteiger partial charge in [-0.3, -0.25) is 4.79 Å². The highest BCUT2D eigenvalue weighted by Crippen LogP contribution is 2.26. The minimum Gasteiger partial charge on any atom is -0.288 e. The van der Waals surface area contributed by atoms with Gasteiger partial charge in [0.1, 0.15) is 0 Å². The molecule has 0 fully saturated rings. The summed E-state index contributed by atoms with van der Waals surface area (Å²) in [6, 6.07) is 3.78. The lowest BCUT2D eigenvalue weighted by molar-refractivity contribution is 0.103. The predicted molar refractivity (Wildman–Crippen MR) is 77.5 cm³/mol. The fraction of sp³-hybridized carbons (Fsp3) is 0. The van der Waals surface area contributed by atoms with E-state index in [1.165, 1.54) is 0 Å². The van der Waals surface area contributed by atoms with Crippen molar-refractivity contribution in [3.05, 3.63) is 39.8 Å². The van der Waals surface area contributed by atoms with Crippen molar-refractivity contribution in [3.63, 3.8) is 0 Å². The summed E-state index contributed by atoms with van der Waals surface area (Å²) in [5.41, 5.74) is 1.65. The van der Waals surface area contributed by atoms with Gasteiger partial charge in [-0.25, -0.2) is 0 Å². The Morgan fingerprint density at radius 2 is 1.43 bits per heavy atom. The molecule has 72 valence electrons. The van der Waals surface area contributed by atoms with Gasteiger partial charge in [0, 0.05) is 11.1 Å². The first-order chi connectivity index (χ1) is 6.70. The van der Waals surface area contributed by atoms with E-state index >= 15 is 0 Å². The van der Waals surface area contributed by atoms with Gasteiger partial charge in [0.2, 0.25) is 0 Å². The topological polar surface area (TPSA) is 17.1 Å². The number of hydrogen-bond donors (Lipinski definition) is 0. The molecular weight excluding hydrogens is 442 g/mol. The van der Waals surface area contributed by atoms with Crippen LogP contribution in [0.3, 0.4) is 0 Å². The lowest BCUT2D eigenvalue weighted by atomic mass is 10.1. The van der Waals surface area contributed by atoms with Crippen LogP contribution in [0.5, 0.6) is 0 Å². The van der Waals surface area contributed by atoms with Crippen molar-refractivity contribution in [3.8, 4) is 0 Å². The molecule has 0 saturated heterocycles. The number of hydrogen-bond acceptors (Lipinski definition) is 3. The summed E-state index contributed by atoms with van der Waals surface area (Å²) in [7, 11) is 0. The summed E-state index contributed by atoms with van der Waals surface area (Å²) in [6.07, 6.45) is 0. The summed E-state index contributed by atoms with van der Waals surface area (Å²) in [5.74, 6) is 0.140. The van der Waals surface area contributed by atoms with Crippen LogP contribution in [0.25, 0.3) is 0 Å². The zero-order valence-corrected chi connectivity index (χ0v) is 12.7. The van der Waals surface area contributed by atoms with E-state index in [0.717, 1.165) is 16.9 Å². The Bertz CT molecular complexity index is 430. The van der Waals surface area contributed by atoms with E-state index in [-0.39, 0.29) is 5.78 Å². The molecule has 2 aromatic rings. The molecule has 0 aromatic carbocycles. The molecule has 0 bridgehead atoms. The molecule has 5 heteroatoms. The molecule has 0 atom stereocenters. The maximum absolute atomic E-state index is 12.0. The molecule has 0 unspecified atom stereocenters. The second-order valence-electron chi connectivity index (χ2n) is 2.55. The summed E-state index contributed by atoms with van der Waals surface area (Å²) in [6.45, 7) is 0. The second kappa shape index (κ2) is 4.58. The maximum Gasteiger partial charge on any atom is 0.196 e. The van der Waals surface area contributed by atoms with Crippen molar-refractivity contribution in [1.29, 1.82) is 0 Å². The predicted octanol–water partition coefficient (Wildman–Crippen LogP) is 4.25. The first-order valence-corrected chi connectivity index (χ1v) is 7.62. The van der Waals surface area contributed by atoms with E-state index in [1.807, 2.05) is 22.9 Å². The number of carbonyl (C=O) groups excluding carboxylic acids is 1. The van der Waals surface area contributed by atoms with Gasteiger partial charge in [0.25, 0.3) is 0 Å². The molecule has 0 spiro atoms. The fourth-order valence-electron chi connectivity index (χ4n) is 1.06. The largest absolute Gasteiger partial charge is 0.288 e. The van der Waals surface area contributed by atoms with E-state index in [0.29, 0.717) is 0 Å². The lowest BCUT2D eigenvalue weighted by Crippen LogP contribution is -2.00. The van der Waals surface area contributed by atoms with Gasteiger partial charge in [-0.1, -0.05) is 0 Å². The molecule has 0 N–H and O–H groups in total. The normalized spacial score (nSPS) is 10.4. The van der Waals surface area contributed by atoms with Crippen molar-refractivity contribution in [2.24, 2.45) is 0 Å². The smallest absolute Gasteiger partial charge is 0.196 e. The number of thiophene rings is 2. The average Bonchev–Trinajstić information content (AvgIpc) is 2.73. The van der Waals surface area contributed by atoms with E-state index < -0.39 is 0 Å². The molecule has 0 aliphatic heterocycles. The van der Waals surface area contributed by atoms with Crippen LogP contribution in [0.1, 0.15) is 15.9 Å². The molecule has 2 rings (SSSR count). The van der Waals surface area contributed by atoms with E-state index in [2.05, 4.69) is 45.2 Å². The number of carbonyl (C=O) groups is 1. The van der Waals surface area contributed by atoms with E-state index in [4.69, 9.17) is 0 Å². The Morgan fingerprint density at radius 3 is 1.71 bits per heavy atom. The third-order valence-corrected chi connectivity index (χ3v) is 5.81. The summed E-state index contributed by atoms with van der Waals surface area (Å²) in [4.78, 5) is 12.0. The molecule has 0 radical (unpaired) electrons. The fourth-order valence-corrected chi connectivity index (χ4v) is 4.01. The molecule has 0 aliphatic rings. The third kappa shape index (κ3) is 2.05. The molecule has 2 aromatic heterocycles. The van der Waals surface area contributed by atoms with E-state index in [9.17, 15) is 4.79 Å². The lowest BCUT2D eigenvalue weighted by Gasteiger charge is -1.96. The highest BCUT2D eigenvalue weighted by molar-refractivity contribution is 14.1. The molecule has 14 heavy (non-hydrogen) atoms. The van der Waals surface area contributed by atoms with Crippen molar-refractivity contribution in [1.82, 2.24) is 0 Å². The minimum atomic E-state index is 0.140. The van der Waals surface area contributed by atoms with Crippen LogP contribution >= 0.6 is 67.9 Å².